The van der Waals surface area contributed by atoms with Gasteiger partial charge < -0.3 is 15.4 Å². The summed E-state index contributed by atoms with van der Waals surface area (Å²) in [5.41, 5.74) is 6.85. The normalized spacial score (nSPS) is 10.3. The van der Waals surface area contributed by atoms with Crippen LogP contribution in [0.25, 0.3) is 0 Å². The second kappa shape index (κ2) is 6.61. The van der Waals surface area contributed by atoms with Gasteiger partial charge in [-0.2, -0.15) is 0 Å². The third kappa shape index (κ3) is 4.02. The summed E-state index contributed by atoms with van der Waals surface area (Å²) in [4.78, 5) is 13.8. The minimum absolute atomic E-state index is 0.0414. The molecule has 1 aromatic carbocycles. The molecule has 1 rings (SSSR count). The molecule has 4 nitrogen and oxygen atoms in total. The van der Waals surface area contributed by atoms with E-state index in [9.17, 15) is 4.79 Å². The molecular weight excluding hydrogens is 284 g/mol. The SMILES string of the molecule is COCCCN(C)C(=O)c1cc(N)ccc1Br. The molecule has 1 amide bonds. The van der Waals surface area contributed by atoms with Gasteiger partial charge in [-0.3, -0.25) is 4.79 Å². The van der Waals surface area contributed by atoms with E-state index in [-0.39, 0.29) is 5.91 Å². The van der Waals surface area contributed by atoms with E-state index in [4.69, 9.17) is 10.5 Å². The quantitative estimate of drug-likeness (QED) is 0.669. The van der Waals surface area contributed by atoms with E-state index >= 15 is 0 Å². The molecule has 0 aliphatic carbocycles. The first-order valence-corrected chi connectivity index (χ1v) is 6.15. The number of hydrogen-bond acceptors (Lipinski definition) is 3. The summed E-state index contributed by atoms with van der Waals surface area (Å²) in [5.74, 6) is -0.0414. The van der Waals surface area contributed by atoms with Crippen LogP contribution in [0.4, 0.5) is 5.69 Å². The Labute approximate surface area is 110 Å². The van der Waals surface area contributed by atoms with Crippen LogP contribution in [0.15, 0.2) is 22.7 Å². The monoisotopic (exact) mass is 300 g/mol. The van der Waals surface area contributed by atoms with Crippen LogP contribution in [0, 0.1) is 0 Å². The Morgan fingerprint density at radius 2 is 2.24 bits per heavy atom. The number of carbonyl (C=O) groups is 1. The Morgan fingerprint density at radius 1 is 1.53 bits per heavy atom. The number of methoxy groups -OCH3 is 1. The van der Waals surface area contributed by atoms with Crippen molar-refractivity contribution in [3.8, 4) is 0 Å². The fraction of sp³-hybridized carbons (Fsp3) is 0.417. The van der Waals surface area contributed by atoms with Crippen molar-refractivity contribution in [1.29, 1.82) is 0 Å². The van der Waals surface area contributed by atoms with Gasteiger partial charge in [0.25, 0.3) is 5.91 Å². The van der Waals surface area contributed by atoms with Gasteiger partial charge >= 0.3 is 0 Å². The number of nitrogen functional groups attached to an aromatic ring is 1. The molecule has 0 saturated carbocycles. The molecule has 0 fully saturated rings. The molecule has 17 heavy (non-hydrogen) atoms. The lowest BCUT2D eigenvalue weighted by Crippen LogP contribution is -2.28. The highest BCUT2D eigenvalue weighted by atomic mass is 79.9. The van der Waals surface area contributed by atoms with E-state index in [2.05, 4.69) is 15.9 Å². The van der Waals surface area contributed by atoms with Gasteiger partial charge in [0.05, 0.1) is 5.56 Å². The molecule has 0 radical (unpaired) electrons. The number of amides is 1. The van der Waals surface area contributed by atoms with Gasteiger partial charge in [0.1, 0.15) is 0 Å². The molecule has 0 atom stereocenters. The molecule has 0 heterocycles. The van der Waals surface area contributed by atoms with Gasteiger partial charge in [0.15, 0.2) is 0 Å². The molecule has 0 aliphatic rings. The van der Waals surface area contributed by atoms with Gasteiger partial charge in [-0.05, 0) is 40.5 Å². The van der Waals surface area contributed by atoms with Crippen molar-refractivity contribution in [2.24, 2.45) is 0 Å². The molecule has 94 valence electrons. The second-order valence-electron chi connectivity index (χ2n) is 3.81. The van der Waals surface area contributed by atoms with Crippen molar-refractivity contribution in [3.63, 3.8) is 0 Å². The number of hydrogen-bond donors (Lipinski definition) is 1. The van der Waals surface area contributed by atoms with Crippen molar-refractivity contribution in [1.82, 2.24) is 4.90 Å². The third-order valence-corrected chi connectivity index (χ3v) is 3.10. The van der Waals surface area contributed by atoms with Crippen LogP contribution < -0.4 is 5.73 Å². The zero-order chi connectivity index (χ0) is 12.8. The second-order valence-corrected chi connectivity index (χ2v) is 4.67. The molecule has 0 spiro atoms. The maximum Gasteiger partial charge on any atom is 0.254 e. The Bertz CT molecular complexity index is 396. The van der Waals surface area contributed by atoms with Crippen LogP contribution in [0.5, 0.6) is 0 Å². The number of carbonyl (C=O) groups excluding carboxylic acids is 1. The zero-order valence-corrected chi connectivity index (χ0v) is 11.7. The van der Waals surface area contributed by atoms with E-state index < -0.39 is 0 Å². The van der Waals surface area contributed by atoms with E-state index in [1.807, 2.05) is 0 Å². The highest BCUT2D eigenvalue weighted by Gasteiger charge is 2.14. The number of halogens is 1. The van der Waals surface area contributed by atoms with Crippen molar-refractivity contribution in [3.05, 3.63) is 28.2 Å². The molecule has 1 aromatic rings. The van der Waals surface area contributed by atoms with Crippen LogP contribution in [0.1, 0.15) is 16.8 Å². The van der Waals surface area contributed by atoms with Crippen molar-refractivity contribution < 1.29 is 9.53 Å². The maximum absolute atomic E-state index is 12.1. The van der Waals surface area contributed by atoms with Crippen LogP contribution >= 0.6 is 15.9 Å². The van der Waals surface area contributed by atoms with Gasteiger partial charge in [-0.25, -0.2) is 0 Å². The molecule has 0 bridgehead atoms. The highest BCUT2D eigenvalue weighted by molar-refractivity contribution is 9.10. The van der Waals surface area contributed by atoms with Gasteiger partial charge in [-0.1, -0.05) is 0 Å². The lowest BCUT2D eigenvalue weighted by atomic mass is 10.2. The Balaban J connectivity index is 2.71. The van der Waals surface area contributed by atoms with Crippen LogP contribution in [-0.4, -0.2) is 38.1 Å². The molecule has 2 N–H and O–H groups in total. The lowest BCUT2D eigenvalue weighted by molar-refractivity contribution is 0.0778. The Hall–Kier alpha value is -1.07. The number of nitrogens with two attached hydrogens (primary N) is 1. The van der Waals surface area contributed by atoms with Crippen molar-refractivity contribution in [2.75, 3.05) is 33.0 Å². The first-order chi connectivity index (χ1) is 8.06. The van der Waals surface area contributed by atoms with Crippen molar-refractivity contribution >= 4 is 27.5 Å². The van der Waals surface area contributed by atoms with Gasteiger partial charge in [0, 0.05) is 37.5 Å². The number of rotatable bonds is 5. The molecule has 0 saturated heterocycles. The zero-order valence-electron chi connectivity index (χ0n) is 10.1. The summed E-state index contributed by atoms with van der Waals surface area (Å²) < 4.78 is 5.71. The average molecular weight is 301 g/mol. The summed E-state index contributed by atoms with van der Waals surface area (Å²) >= 11 is 3.35. The summed E-state index contributed by atoms with van der Waals surface area (Å²) in [6, 6.07) is 5.22. The Morgan fingerprint density at radius 3 is 2.88 bits per heavy atom. The minimum atomic E-state index is -0.0414. The van der Waals surface area contributed by atoms with Gasteiger partial charge in [-0.15, -0.1) is 0 Å². The average Bonchev–Trinajstić information content (AvgIpc) is 2.31. The molecular formula is C12H17BrN2O2. The van der Waals surface area contributed by atoms with Crippen LogP contribution in [-0.2, 0) is 4.74 Å². The highest BCUT2D eigenvalue weighted by Crippen LogP contribution is 2.20. The summed E-state index contributed by atoms with van der Waals surface area (Å²) in [5, 5.41) is 0. The topological polar surface area (TPSA) is 55.6 Å². The summed E-state index contributed by atoms with van der Waals surface area (Å²) in [7, 11) is 3.42. The molecule has 0 unspecified atom stereocenters. The number of benzene rings is 1. The minimum Gasteiger partial charge on any atom is -0.399 e. The largest absolute Gasteiger partial charge is 0.399 e. The third-order valence-electron chi connectivity index (χ3n) is 2.41. The Kier molecular flexibility index (Phi) is 5.44. The van der Waals surface area contributed by atoms with Crippen LogP contribution in [0.3, 0.4) is 0 Å². The summed E-state index contributed by atoms with van der Waals surface area (Å²) in [6.45, 7) is 1.31. The van der Waals surface area contributed by atoms with E-state index in [0.29, 0.717) is 24.4 Å². The first-order valence-electron chi connectivity index (χ1n) is 5.35. The van der Waals surface area contributed by atoms with Gasteiger partial charge in [0.2, 0.25) is 0 Å². The first kappa shape index (κ1) is 14.0. The van der Waals surface area contributed by atoms with E-state index in [1.54, 1.807) is 37.3 Å². The number of anilines is 1. The predicted molar refractivity (Wildman–Crippen MR) is 72.0 cm³/mol. The number of nitrogens with zero attached hydrogens (tertiary/aromatic N) is 1. The fourth-order valence-corrected chi connectivity index (χ4v) is 1.88. The predicted octanol–water partition coefficient (Wildman–Crippen LogP) is 2.14. The molecule has 0 aliphatic heterocycles. The smallest absolute Gasteiger partial charge is 0.254 e. The lowest BCUT2D eigenvalue weighted by Gasteiger charge is -2.18. The van der Waals surface area contributed by atoms with Crippen molar-refractivity contribution in [2.45, 2.75) is 6.42 Å². The van der Waals surface area contributed by atoms with E-state index in [1.165, 1.54) is 0 Å². The van der Waals surface area contributed by atoms with E-state index in [0.717, 1.165) is 10.9 Å². The van der Waals surface area contributed by atoms with Crippen LogP contribution in [0.2, 0.25) is 0 Å². The molecule has 5 heteroatoms. The maximum atomic E-state index is 12.1. The number of ether oxygens (including phenoxy) is 1. The molecule has 0 aromatic heterocycles. The fourth-order valence-electron chi connectivity index (χ4n) is 1.46. The standard InChI is InChI=1S/C12H17BrN2O2/c1-15(6-3-7-17-2)12(16)10-8-9(14)4-5-11(10)13/h4-5,8H,3,6-7,14H2,1-2H3. The summed E-state index contributed by atoms with van der Waals surface area (Å²) in [6.07, 6.45) is 0.818.